The second-order valence-electron chi connectivity index (χ2n) is 8.24. The van der Waals surface area contributed by atoms with Gasteiger partial charge in [-0.3, -0.25) is 18.7 Å². The van der Waals surface area contributed by atoms with Crippen LogP contribution in [-0.2, 0) is 21.5 Å². The Kier molecular flexibility index (Phi) is 6.26. The molecule has 0 spiro atoms. The standard InChI is InChI=1S/C24H22N4O6S3/c1-5-27-22(30)20(24-26(3)17-12-15(34-4)9-10-18(17)35-24)36-23(27)19-13(2)25-28(21(19)29)14-7-6-8-16(11-14)37(31,32)33/h6-12H,5H2,1-4H3,(H,31,32,33)/b23-19+,24-20-. The number of hydrogen-bond acceptors (Lipinski definition) is 9. The van der Waals surface area contributed by atoms with Gasteiger partial charge in [0.05, 0.1) is 34.7 Å². The van der Waals surface area contributed by atoms with Gasteiger partial charge < -0.3 is 9.64 Å². The number of thiazole rings is 1. The molecule has 0 fully saturated rings. The molecule has 1 aromatic heterocycles. The fourth-order valence-electron chi connectivity index (χ4n) is 4.17. The van der Waals surface area contributed by atoms with Crippen molar-refractivity contribution in [2.45, 2.75) is 30.2 Å². The lowest BCUT2D eigenvalue weighted by molar-refractivity contribution is -0.112. The van der Waals surface area contributed by atoms with Crippen LogP contribution < -0.4 is 29.4 Å². The molecular weight excluding hydrogens is 536 g/mol. The second-order valence-corrected chi connectivity index (χ2v) is 11.7. The summed E-state index contributed by atoms with van der Waals surface area (Å²) in [5, 5.41) is 6.17. The van der Waals surface area contributed by atoms with E-state index in [-0.39, 0.29) is 21.7 Å². The normalized spacial score (nSPS) is 18.4. The van der Waals surface area contributed by atoms with Crippen LogP contribution in [0, 0.1) is 0 Å². The molecule has 5 rings (SSSR count). The van der Waals surface area contributed by atoms with E-state index in [9.17, 15) is 22.6 Å². The van der Waals surface area contributed by atoms with E-state index in [1.165, 1.54) is 47.4 Å². The van der Waals surface area contributed by atoms with E-state index in [0.717, 1.165) is 20.6 Å². The van der Waals surface area contributed by atoms with Gasteiger partial charge in [0, 0.05) is 24.6 Å². The second kappa shape index (κ2) is 9.17. The number of benzene rings is 2. The Morgan fingerprint density at radius 2 is 1.89 bits per heavy atom. The van der Waals surface area contributed by atoms with E-state index in [1.807, 2.05) is 37.1 Å². The summed E-state index contributed by atoms with van der Waals surface area (Å²) in [5.74, 6) is 0.216. The molecule has 0 aliphatic carbocycles. The minimum Gasteiger partial charge on any atom is -0.497 e. The monoisotopic (exact) mass is 558 g/mol. The Morgan fingerprint density at radius 1 is 1.14 bits per heavy atom. The molecule has 0 saturated heterocycles. The van der Waals surface area contributed by atoms with E-state index in [2.05, 4.69) is 5.10 Å². The zero-order chi connectivity index (χ0) is 26.6. The molecule has 10 nitrogen and oxygen atoms in total. The van der Waals surface area contributed by atoms with Crippen LogP contribution in [0.25, 0.3) is 10.6 Å². The molecule has 2 aliphatic heterocycles. The van der Waals surface area contributed by atoms with E-state index < -0.39 is 16.0 Å². The summed E-state index contributed by atoms with van der Waals surface area (Å²) in [4.78, 5) is 29.6. The van der Waals surface area contributed by atoms with E-state index >= 15 is 0 Å². The lowest BCUT2D eigenvalue weighted by Gasteiger charge is -2.13. The predicted molar refractivity (Wildman–Crippen MR) is 144 cm³/mol. The maximum Gasteiger partial charge on any atom is 0.294 e. The fourth-order valence-corrected chi connectivity index (χ4v) is 7.28. The van der Waals surface area contributed by atoms with Crippen molar-refractivity contribution in [1.82, 2.24) is 4.57 Å². The molecule has 3 aromatic rings. The number of carbonyl (C=O) groups excluding carboxylic acids is 1. The maximum absolute atomic E-state index is 13.5. The van der Waals surface area contributed by atoms with Crippen LogP contribution in [0.1, 0.15) is 13.8 Å². The summed E-state index contributed by atoms with van der Waals surface area (Å²) in [5.41, 5.74) is 1.54. The summed E-state index contributed by atoms with van der Waals surface area (Å²) in [6.07, 6.45) is 0. The van der Waals surface area contributed by atoms with Gasteiger partial charge in [0.1, 0.15) is 20.0 Å². The minimum absolute atomic E-state index is 0.182. The molecule has 0 atom stereocenters. The highest BCUT2D eigenvalue weighted by molar-refractivity contribution is 8.08. The minimum atomic E-state index is -4.46. The van der Waals surface area contributed by atoms with Gasteiger partial charge in [-0.05, 0) is 44.2 Å². The van der Waals surface area contributed by atoms with Gasteiger partial charge in [-0.2, -0.15) is 18.5 Å². The lowest BCUT2D eigenvalue weighted by Crippen LogP contribution is -2.35. The first-order valence-electron chi connectivity index (χ1n) is 11.1. The van der Waals surface area contributed by atoms with Crippen molar-refractivity contribution in [3.63, 3.8) is 0 Å². The highest BCUT2D eigenvalue weighted by Crippen LogP contribution is 2.46. The molecular formula is C24H22N4O6S3. The molecule has 0 unspecified atom stereocenters. The molecule has 1 amide bonds. The van der Waals surface area contributed by atoms with Crippen LogP contribution in [0.15, 0.2) is 62.2 Å². The highest BCUT2D eigenvalue weighted by atomic mass is 32.2. The van der Waals surface area contributed by atoms with Crippen molar-refractivity contribution >= 4 is 66.8 Å². The Balaban J connectivity index is 1.67. The Morgan fingerprint density at radius 3 is 2.57 bits per heavy atom. The van der Waals surface area contributed by atoms with Crippen LogP contribution in [0.4, 0.5) is 11.4 Å². The summed E-state index contributed by atoms with van der Waals surface area (Å²) >= 11 is 2.70. The quantitative estimate of drug-likeness (QED) is 0.483. The fraction of sp³-hybridized carbons (Fsp3) is 0.208. The number of rotatable bonds is 4. The van der Waals surface area contributed by atoms with Crippen LogP contribution in [0.5, 0.6) is 5.75 Å². The average Bonchev–Trinajstić information content (AvgIpc) is 3.47. The third kappa shape index (κ3) is 4.17. The van der Waals surface area contributed by atoms with Gasteiger partial charge in [-0.1, -0.05) is 17.8 Å². The Labute approximate surface area is 220 Å². The summed E-state index contributed by atoms with van der Waals surface area (Å²) in [7, 11) is -0.979. The smallest absolute Gasteiger partial charge is 0.294 e. The van der Waals surface area contributed by atoms with Gasteiger partial charge in [-0.15, -0.1) is 11.3 Å². The van der Waals surface area contributed by atoms with Crippen molar-refractivity contribution in [3.05, 3.63) is 62.0 Å². The number of hydrazone groups is 1. The number of carbonyl (C=O) groups is 1. The van der Waals surface area contributed by atoms with Crippen molar-refractivity contribution < 1.29 is 22.5 Å². The zero-order valence-electron chi connectivity index (χ0n) is 20.3. The summed E-state index contributed by atoms with van der Waals surface area (Å²) < 4.78 is 40.4. The van der Waals surface area contributed by atoms with Gasteiger partial charge in [0.2, 0.25) is 0 Å². The first kappa shape index (κ1) is 25.3. The van der Waals surface area contributed by atoms with Gasteiger partial charge in [0.15, 0.2) is 0 Å². The van der Waals surface area contributed by atoms with E-state index in [1.54, 1.807) is 18.6 Å². The zero-order valence-corrected chi connectivity index (χ0v) is 22.7. The van der Waals surface area contributed by atoms with Gasteiger partial charge in [0.25, 0.3) is 21.6 Å². The number of aromatic nitrogens is 1. The molecule has 3 heterocycles. The van der Waals surface area contributed by atoms with Gasteiger partial charge >= 0.3 is 0 Å². The van der Waals surface area contributed by atoms with Crippen molar-refractivity contribution in [2.24, 2.45) is 5.10 Å². The molecule has 2 aromatic carbocycles. The predicted octanol–water partition coefficient (Wildman–Crippen LogP) is 2.07. The molecule has 13 heteroatoms. The van der Waals surface area contributed by atoms with Crippen LogP contribution in [0.3, 0.4) is 0 Å². The van der Waals surface area contributed by atoms with E-state index in [4.69, 9.17) is 4.74 Å². The van der Waals surface area contributed by atoms with Crippen molar-refractivity contribution in [2.75, 3.05) is 24.1 Å². The lowest BCUT2D eigenvalue weighted by atomic mass is 10.2. The number of amides is 1. The Hall–Kier alpha value is -3.39. The SMILES string of the molecule is CCn1c(=O)/c(=C2/Sc3ccc(OC)cc3N2C)s/c1=C1/C(=O)N(c2cccc(S(=O)(=O)O)c2)N=C1C. The first-order chi connectivity index (χ1) is 17.5. The third-order valence-electron chi connectivity index (χ3n) is 6.02. The van der Waals surface area contributed by atoms with Crippen molar-refractivity contribution in [3.8, 4) is 5.75 Å². The number of methoxy groups -OCH3 is 1. The number of hydrogen-bond donors (Lipinski definition) is 1. The number of fused-ring (bicyclic) bond motifs is 1. The third-order valence-corrected chi connectivity index (χ3v) is 9.43. The van der Waals surface area contributed by atoms with Crippen LogP contribution in [-0.4, -0.2) is 43.3 Å². The average molecular weight is 559 g/mol. The molecule has 2 aliphatic rings. The number of ether oxygens (including phenoxy) is 1. The largest absolute Gasteiger partial charge is 0.497 e. The van der Waals surface area contributed by atoms with E-state index in [0.29, 0.717) is 27.2 Å². The Bertz CT molecular complexity index is 1790. The summed E-state index contributed by atoms with van der Waals surface area (Å²) in [6, 6.07) is 11.0. The molecule has 0 radical (unpaired) electrons. The molecule has 37 heavy (non-hydrogen) atoms. The van der Waals surface area contributed by atoms with Gasteiger partial charge in [-0.25, -0.2) is 0 Å². The maximum atomic E-state index is 13.5. The van der Waals surface area contributed by atoms with Crippen LogP contribution >= 0.6 is 23.1 Å². The van der Waals surface area contributed by atoms with Crippen molar-refractivity contribution in [1.29, 1.82) is 0 Å². The molecule has 0 saturated carbocycles. The highest BCUT2D eigenvalue weighted by Gasteiger charge is 2.32. The molecule has 192 valence electrons. The number of anilines is 2. The number of nitrogens with zero attached hydrogens (tertiary/aromatic N) is 4. The summed E-state index contributed by atoms with van der Waals surface area (Å²) in [6.45, 7) is 3.84. The topological polar surface area (TPSA) is 122 Å². The van der Waals surface area contributed by atoms with Crippen LogP contribution in [0.2, 0.25) is 0 Å². The molecule has 1 N–H and O–H groups in total. The number of thioether (sulfide) groups is 1. The molecule has 0 bridgehead atoms. The first-order valence-corrected chi connectivity index (χ1v) is 14.2.